The second-order valence-corrected chi connectivity index (χ2v) is 4.74. The first-order valence-corrected chi connectivity index (χ1v) is 7.19. The summed E-state index contributed by atoms with van der Waals surface area (Å²) in [6.07, 6.45) is -2.33. The highest BCUT2D eigenvalue weighted by molar-refractivity contribution is 6.93. The summed E-state index contributed by atoms with van der Waals surface area (Å²) >= 11 is 0. The van der Waals surface area contributed by atoms with Gasteiger partial charge in [0.15, 0.2) is 6.54 Å². The van der Waals surface area contributed by atoms with Crippen molar-refractivity contribution in [3.8, 4) is 17.9 Å². The average Bonchev–Trinajstić information content (AvgIpc) is 3.41. The highest BCUT2D eigenvalue weighted by Crippen LogP contribution is 2.18. The topological polar surface area (TPSA) is 112 Å². The molecule has 128 valence electrons. The molecule has 0 aromatic heterocycles. The van der Waals surface area contributed by atoms with Crippen LogP contribution >= 0.6 is 0 Å². The molecule has 10 heteroatoms. The van der Waals surface area contributed by atoms with E-state index in [2.05, 4.69) is 0 Å². The number of nitrogens with zero attached hydrogens (tertiary/aromatic N) is 4. The van der Waals surface area contributed by atoms with E-state index in [1.54, 1.807) is 14.2 Å². The first-order valence-electron chi connectivity index (χ1n) is 7.19. The molecule has 1 heterocycles. The third-order valence-electron chi connectivity index (χ3n) is 3.07. The van der Waals surface area contributed by atoms with Gasteiger partial charge in [0, 0.05) is 13.0 Å². The summed E-state index contributed by atoms with van der Waals surface area (Å²) in [5.41, 5.74) is 0. The lowest BCUT2D eigenvalue weighted by molar-refractivity contribution is -1.24. The molecule has 0 amide bonds. The van der Waals surface area contributed by atoms with E-state index in [-0.39, 0.29) is 10.9 Å². The number of rotatable bonds is 9. The zero-order chi connectivity index (χ0) is 17.8. The Morgan fingerprint density at radius 3 is 2.04 bits per heavy atom. The van der Waals surface area contributed by atoms with Gasteiger partial charge in [0.25, 0.3) is 0 Å². The molecule has 1 aliphatic rings. The van der Waals surface area contributed by atoms with E-state index >= 15 is 0 Å². The fourth-order valence-corrected chi connectivity index (χ4v) is 1.62. The van der Waals surface area contributed by atoms with Crippen molar-refractivity contribution in [2.45, 2.75) is 19.4 Å². The van der Waals surface area contributed by atoms with E-state index in [0.717, 1.165) is 57.2 Å². The fraction of sp³-hybridized carbons (Fsp3) is 0.769. The highest BCUT2D eigenvalue weighted by Gasteiger charge is 2.39. The van der Waals surface area contributed by atoms with Gasteiger partial charge in [-0.3, -0.25) is 0 Å². The molecule has 0 aromatic carbocycles. The molecule has 0 saturated carbocycles. The maximum absolute atomic E-state index is 12.0. The second-order valence-electron chi connectivity index (χ2n) is 4.74. The van der Waals surface area contributed by atoms with Crippen LogP contribution in [-0.2, 0) is 19.1 Å². The van der Waals surface area contributed by atoms with Crippen molar-refractivity contribution >= 4 is 6.42 Å². The summed E-state index contributed by atoms with van der Waals surface area (Å²) in [6, 6.07) is 0. The molecule has 0 spiro atoms. The van der Waals surface area contributed by atoms with Crippen LogP contribution in [0.2, 0.25) is 0 Å². The Kier molecular flexibility index (Phi) is 10.1. The molecule has 1 saturated heterocycles. The van der Waals surface area contributed by atoms with Crippen molar-refractivity contribution in [2.75, 3.05) is 47.1 Å². The molecule has 23 heavy (non-hydrogen) atoms. The molecule has 1 rings (SSSR count). The predicted molar refractivity (Wildman–Crippen MR) is 78.6 cm³/mol. The van der Waals surface area contributed by atoms with Crippen LogP contribution in [0.3, 0.4) is 0 Å². The molecule has 1 aliphatic heterocycles. The number of nitriles is 3. The minimum atomic E-state index is -3.54. The van der Waals surface area contributed by atoms with Gasteiger partial charge in [-0.25, -0.2) is 15.8 Å². The van der Waals surface area contributed by atoms with Crippen molar-refractivity contribution in [3.05, 3.63) is 0 Å². The number of hydroxylamine groups is 4. The Bertz CT molecular complexity index is 430. The molecule has 0 N–H and O–H groups in total. The van der Waals surface area contributed by atoms with Gasteiger partial charge in [0.2, 0.25) is 0 Å². The van der Waals surface area contributed by atoms with E-state index in [1.165, 1.54) is 0 Å². The Balaban J connectivity index is 0.000000515. The lowest BCUT2D eigenvalue weighted by Crippen LogP contribution is -2.49. The monoisotopic (exact) mass is 328 g/mol. The Labute approximate surface area is 136 Å². The van der Waals surface area contributed by atoms with Crippen LogP contribution in [0.15, 0.2) is 0 Å². The summed E-state index contributed by atoms with van der Waals surface area (Å²) in [6.45, 7) is 5.84. The number of quaternary nitrogens is 1. The standard InChI is InChI=1S/C10H22NO4.C3BFN3/c1-4-14-7-5-6-11(12-2,13-3)8-10-9-15-10;5-4(1-6,2-7)3-8/h10H,4-9H2,1-3H3;/q+1;-1. The van der Waals surface area contributed by atoms with Crippen molar-refractivity contribution < 1.29 is 28.3 Å². The number of halogens is 1. The normalized spacial score (nSPS) is 16.3. The van der Waals surface area contributed by atoms with Gasteiger partial charge in [-0.1, -0.05) is 17.9 Å². The minimum Gasteiger partial charge on any atom is -0.468 e. The van der Waals surface area contributed by atoms with Crippen LogP contribution < -0.4 is 0 Å². The summed E-state index contributed by atoms with van der Waals surface area (Å²) in [5, 5.41) is 23.2. The smallest absolute Gasteiger partial charge is 0.436 e. The maximum atomic E-state index is 12.0. The first kappa shape index (κ1) is 21.3. The van der Waals surface area contributed by atoms with Crippen molar-refractivity contribution in [1.82, 2.24) is 0 Å². The molecular formula is C13H22BFN4O4. The molecule has 0 aliphatic carbocycles. The van der Waals surface area contributed by atoms with E-state index in [0.29, 0.717) is 0 Å². The van der Waals surface area contributed by atoms with Crippen LogP contribution in [0.5, 0.6) is 0 Å². The van der Waals surface area contributed by atoms with Crippen LogP contribution in [-0.4, -0.2) is 64.5 Å². The van der Waals surface area contributed by atoms with Crippen LogP contribution in [0.25, 0.3) is 0 Å². The number of ether oxygens (including phenoxy) is 2. The van der Waals surface area contributed by atoms with Crippen molar-refractivity contribution in [2.24, 2.45) is 0 Å². The minimum absolute atomic E-state index is 0.192. The second kappa shape index (κ2) is 10.9. The van der Waals surface area contributed by atoms with E-state index in [4.69, 9.17) is 34.9 Å². The quantitative estimate of drug-likeness (QED) is 0.203. The van der Waals surface area contributed by atoms with Gasteiger partial charge >= 0.3 is 6.42 Å². The summed E-state index contributed by atoms with van der Waals surface area (Å²) in [7, 11) is 3.32. The molecule has 0 radical (unpaired) electrons. The SMILES string of the molecule is CCOCCC[N+](CC1CO1)(OC)OC.N#C[B-](F)(C#N)C#N. The third-order valence-corrected chi connectivity index (χ3v) is 3.07. The highest BCUT2D eigenvalue weighted by atomic mass is 19.1. The molecule has 0 bridgehead atoms. The maximum Gasteiger partial charge on any atom is 0.436 e. The first-order chi connectivity index (χ1) is 10.9. The molecule has 8 nitrogen and oxygen atoms in total. The lowest BCUT2D eigenvalue weighted by atomic mass is 9.48. The van der Waals surface area contributed by atoms with Crippen LogP contribution in [0.1, 0.15) is 13.3 Å². The fourth-order valence-electron chi connectivity index (χ4n) is 1.62. The van der Waals surface area contributed by atoms with Gasteiger partial charge in [-0.15, -0.1) is 0 Å². The van der Waals surface area contributed by atoms with Crippen molar-refractivity contribution in [3.63, 3.8) is 0 Å². The van der Waals surface area contributed by atoms with E-state index < -0.39 is 6.42 Å². The summed E-state index contributed by atoms with van der Waals surface area (Å²) < 4.78 is 22.4. The molecule has 1 atom stereocenters. The molecule has 1 unspecified atom stereocenters. The number of hydrogen-bond donors (Lipinski definition) is 0. The zero-order valence-corrected chi connectivity index (χ0v) is 13.7. The van der Waals surface area contributed by atoms with E-state index in [9.17, 15) is 4.32 Å². The summed E-state index contributed by atoms with van der Waals surface area (Å²) in [5.74, 6) is 2.85. The van der Waals surface area contributed by atoms with Crippen LogP contribution in [0, 0.1) is 33.7 Å². The molecular weight excluding hydrogens is 306 g/mol. The zero-order valence-electron chi connectivity index (χ0n) is 13.7. The summed E-state index contributed by atoms with van der Waals surface area (Å²) in [4.78, 5) is 11.0. The average molecular weight is 328 g/mol. The Morgan fingerprint density at radius 1 is 1.22 bits per heavy atom. The van der Waals surface area contributed by atoms with Crippen LogP contribution in [0.4, 0.5) is 4.32 Å². The third kappa shape index (κ3) is 8.46. The Hall–Kier alpha value is -1.74. The molecule has 0 aromatic rings. The van der Waals surface area contributed by atoms with Crippen molar-refractivity contribution in [1.29, 1.82) is 15.8 Å². The molecule has 1 fully saturated rings. The predicted octanol–water partition coefficient (Wildman–Crippen LogP) is 0.841. The number of epoxide rings is 1. The van der Waals surface area contributed by atoms with Gasteiger partial charge in [0.1, 0.15) is 12.6 Å². The van der Waals surface area contributed by atoms with Gasteiger partial charge in [-0.05, 0) is 11.7 Å². The van der Waals surface area contributed by atoms with Gasteiger partial charge in [0.05, 0.1) is 27.4 Å². The Morgan fingerprint density at radius 2 is 1.74 bits per heavy atom. The van der Waals surface area contributed by atoms with Gasteiger partial charge in [-0.2, -0.15) is 9.68 Å². The largest absolute Gasteiger partial charge is 0.468 e. The van der Waals surface area contributed by atoms with Gasteiger partial charge < -0.3 is 13.8 Å². The lowest BCUT2D eigenvalue weighted by Gasteiger charge is -2.29. The number of hydrogen-bond acceptors (Lipinski definition) is 7. The van der Waals surface area contributed by atoms with E-state index in [1.807, 2.05) is 6.92 Å².